The highest BCUT2D eigenvalue weighted by Crippen LogP contribution is 2.45. The summed E-state index contributed by atoms with van der Waals surface area (Å²) in [6.45, 7) is 7.65. The Morgan fingerprint density at radius 1 is 1.15 bits per heavy atom. The van der Waals surface area contributed by atoms with Gasteiger partial charge in [-0.25, -0.2) is 0 Å². The molecule has 3 nitrogen and oxygen atoms in total. The predicted octanol–water partition coefficient (Wildman–Crippen LogP) is 2.80. The Balaban J connectivity index is 1.77. The van der Waals surface area contributed by atoms with E-state index in [1.807, 2.05) is 0 Å². The van der Waals surface area contributed by atoms with Crippen LogP contribution >= 0.6 is 0 Å². The average Bonchev–Trinajstić information content (AvgIpc) is 2.93. The van der Waals surface area contributed by atoms with E-state index in [9.17, 15) is 0 Å². The Morgan fingerprint density at radius 2 is 1.85 bits per heavy atom. The third-order valence-electron chi connectivity index (χ3n) is 5.92. The molecule has 0 aromatic heterocycles. The Morgan fingerprint density at radius 3 is 2.40 bits per heavy atom. The fourth-order valence-electron chi connectivity index (χ4n) is 4.69. The van der Waals surface area contributed by atoms with E-state index < -0.39 is 0 Å². The van der Waals surface area contributed by atoms with Gasteiger partial charge in [0.25, 0.3) is 0 Å². The standard InChI is InChI=1S/C17H32N2O/c1-2-10-18-16(15-6-5-7-15)17(8-3-4-9-17)19-11-13-20-14-12-19/h15-16,18H,2-14H2,1H3. The number of rotatable bonds is 6. The molecule has 1 saturated heterocycles. The molecular weight excluding hydrogens is 248 g/mol. The van der Waals surface area contributed by atoms with Crippen LogP contribution in [-0.4, -0.2) is 49.3 Å². The van der Waals surface area contributed by atoms with Crippen LogP contribution in [-0.2, 0) is 4.74 Å². The molecule has 3 fully saturated rings. The Labute approximate surface area is 124 Å². The topological polar surface area (TPSA) is 24.5 Å². The van der Waals surface area contributed by atoms with Gasteiger partial charge in [0.05, 0.1) is 13.2 Å². The molecule has 3 heteroatoms. The fourth-order valence-corrected chi connectivity index (χ4v) is 4.69. The third kappa shape index (κ3) is 2.77. The molecule has 2 saturated carbocycles. The number of morpholine rings is 1. The summed E-state index contributed by atoms with van der Waals surface area (Å²) in [5.74, 6) is 0.933. The molecule has 3 rings (SSSR count). The highest BCUT2D eigenvalue weighted by Gasteiger charge is 2.49. The average molecular weight is 280 g/mol. The van der Waals surface area contributed by atoms with Crippen LogP contribution in [0.3, 0.4) is 0 Å². The zero-order valence-corrected chi connectivity index (χ0v) is 13.2. The summed E-state index contributed by atoms with van der Waals surface area (Å²) in [6, 6.07) is 0.733. The number of nitrogens with zero attached hydrogens (tertiary/aromatic N) is 1. The van der Waals surface area contributed by atoms with Crippen molar-refractivity contribution in [3.05, 3.63) is 0 Å². The van der Waals surface area contributed by atoms with Gasteiger partial charge in [0.2, 0.25) is 0 Å². The molecular formula is C17H32N2O. The van der Waals surface area contributed by atoms with E-state index in [-0.39, 0.29) is 0 Å². The van der Waals surface area contributed by atoms with Gasteiger partial charge in [0.15, 0.2) is 0 Å². The van der Waals surface area contributed by atoms with Crippen LogP contribution in [0.2, 0.25) is 0 Å². The van der Waals surface area contributed by atoms with Crippen LogP contribution in [0.4, 0.5) is 0 Å². The van der Waals surface area contributed by atoms with Crippen molar-refractivity contribution in [3.63, 3.8) is 0 Å². The predicted molar refractivity (Wildman–Crippen MR) is 83.0 cm³/mol. The van der Waals surface area contributed by atoms with E-state index in [1.54, 1.807) is 0 Å². The van der Waals surface area contributed by atoms with E-state index in [0.29, 0.717) is 5.54 Å². The molecule has 2 aliphatic carbocycles. The molecule has 1 atom stereocenters. The molecule has 0 spiro atoms. The molecule has 0 amide bonds. The van der Waals surface area contributed by atoms with Crippen molar-refractivity contribution in [3.8, 4) is 0 Å². The maximum atomic E-state index is 5.60. The molecule has 1 unspecified atom stereocenters. The summed E-state index contributed by atoms with van der Waals surface area (Å²) >= 11 is 0. The zero-order chi connectivity index (χ0) is 13.8. The lowest BCUT2D eigenvalue weighted by Gasteiger charge is -2.53. The lowest BCUT2D eigenvalue weighted by atomic mass is 9.70. The van der Waals surface area contributed by atoms with Crippen molar-refractivity contribution in [1.29, 1.82) is 0 Å². The quantitative estimate of drug-likeness (QED) is 0.810. The number of hydrogen-bond donors (Lipinski definition) is 1. The van der Waals surface area contributed by atoms with Gasteiger partial charge in [0.1, 0.15) is 0 Å². The Hall–Kier alpha value is -0.120. The monoisotopic (exact) mass is 280 g/mol. The smallest absolute Gasteiger partial charge is 0.0594 e. The first-order chi connectivity index (χ1) is 9.87. The van der Waals surface area contributed by atoms with Gasteiger partial charge < -0.3 is 10.1 Å². The second-order valence-electron chi connectivity index (χ2n) is 7.03. The molecule has 1 heterocycles. The van der Waals surface area contributed by atoms with E-state index in [4.69, 9.17) is 4.74 Å². The molecule has 0 radical (unpaired) electrons. The highest BCUT2D eigenvalue weighted by molar-refractivity contribution is 5.07. The van der Waals surface area contributed by atoms with Crippen molar-refractivity contribution in [1.82, 2.24) is 10.2 Å². The number of ether oxygens (including phenoxy) is 1. The molecule has 3 aliphatic rings. The molecule has 1 N–H and O–H groups in total. The van der Waals surface area contributed by atoms with Gasteiger partial charge in [-0.15, -0.1) is 0 Å². The van der Waals surface area contributed by atoms with Crippen molar-refractivity contribution in [2.45, 2.75) is 69.9 Å². The van der Waals surface area contributed by atoms with Gasteiger partial charge in [-0.3, -0.25) is 4.90 Å². The molecule has 0 aromatic rings. The van der Waals surface area contributed by atoms with Crippen molar-refractivity contribution < 1.29 is 4.74 Å². The van der Waals surface area contributed by atoms with Crippen molar-refractivity contribution in [2.24, 2.45) is 5.92 Å². The largest absolute Gasteiger partial charge is 0.379 e. The van der Waals surface area contributed by atoms with E-state index in [2.05, 4.69) is 17.1 Å². The van der Waals surface area contributed by atoms with Gasteiger partial charge in [0, 0.05) is 24.7 Å². The first kappa shape index (κ1) is 14.8. The zero-order valence-electron chi connectivity index (χ0n) is 13.2. The maximum Gasteiger partial charge on any atom is 0.0594 e. The van der Waals surface area contributed by atoms with Crippen LogP contribution in [0.5, 0.6) is 0 Å². The lowest BCUT2D eigenvalue weighted by Crippen LogP contribution is -2.65. The van der Waals surface area contributed by atoms with Crippen LogP contribution < -0.4 is 5.32 Å². The second-order valence-corrected chi connectivity index (χ2v) is 7.03. The van der Waals surface area contributed by atoms with E-state index >= 15 is 0 Å². The van der Waals surface area contributed by atoms with Gasteiger partial charge in [-0.05, 0) is 44.6 Å². The first-order valence-electron chi connectivity index (χ1n) is 8.93. The fraction of sp³-hybridized carbons (Fsp3) is 1.00. The van der Waals surface area contributed by atoms with Gasteiger partial charge >= 0.3 is 0 Å². The second kappa shape index (κ2) is 6.76. The number of nitrogens with one attached hydrogen (secondary N) is 1. The SMILES string of the molecule is CCCNC(C1CCC1)C1(N2CCOCC2)CCCC1. The Kier molecular flexibility index (Phi) is 5.00. The molecule has 0 bridgehead atoms. The minimum absolute atomic E-state index is 0.448. The van der Waals surface area contributed by atoms with Crippen LogP contribution in [0.15, 0.2) is 0 Å². The molecule has 20 heavy (non-hydrogen) atoms. The molecule has 1 aliphatic heterocycles. The van der Waals surface area contributed by atoms with Crippen LogP contribution in [0.25, 0.3) is 0 Å². The minimum Gasteiger partial charge on any atom is -0.379 e. The summed E-state index contributed by atoms with van der Waals surface area (Å²) in [5.41, 5.74) is 0.448. The summed E-state index contributed by atoms with van der Waals surface area (Å²) in [5, 5.41) is 3.97. The van der Waals surface area contributed by atoms with Crippen molar-refractivity contribution >= 4 is 0 Å². The number of hydrogen-bond acceptors (Lipinski definition) is 3. The first-order valence-corrected chi connectivity index (χ1v) is 8.93. The third-order valence-corrected chi connectivity index (χ3v) is 5.92. The van der Waals surface area contributed by atoms with Gasteiger partial charge in [-0.2, -0.15) is 0 Å². The van der Waals surface area contributed by atoms with E-state index in [0.717, 1.165) is 38.3 Å². The van der Waals surface area contributed by atoms with Gasteiger partial charge in [-0.1, -0.05) is 26.2 Å². The molecule has 116 valence electrons. The summed E-state index contributed by atoms with van der Waals surface area (Å²) < 4.78 is 5.60. The lowest BCUT2D eigenvalue weighted by molar-refractivity contribution is -0.0513. The maximum absolute atomic E-state index is 5.60. The highest BCUT2D eigenvalue weighted by atomic mass is 16.5. The normalized spacial score (nSPS) is 29.2. The Bertz CT molecular complexity index is 291. The summed E-state index contributed by atoms with van der Waals surface area (Å²) in [6.07, 6.45) is 11.3. The van der Waals surface area contributed by atoms with Crippen molar-refractivity contribution in [2.75, 3.05) is 32.8 Å². The van der Waals surface area contributed by atoms with Crippen LogP contribution in [0.1, 0.15) is 58.3 Å². The van der Waals surface area contributed by atoms with Crippen LogP contribution in [0, 0.1) is 5.92 Å². The summed E-state index contributed by atoms with van der Waals surface area (Å²) in [7, 11) is 0. The summed E-state index contributed by atoms with van der Waals surface area (Å²) in [4.78, 5) is 2.80. The van der Waals surface area contributed by atoms with E-state index in [1.165, 1.54) is 57.9 Å². The minimum atomic E-state index is 0.448. The molecule has 0 aromatic carbocycles.